The van der Waals surface area contributed by atoms with E-state index in [2.05, 4.69) is 6.58 Å². The quantitative estimate of drug-likeness (QED) is 0.801. The Hall–Kier alpha value is -2.34. The number of carboxylic acid groups (broad SMARTS) is 1. The number of amides is 1. The SMILES string of the molecule is C=CCOc1ccccc1C(=O)N1CC[C@@H](O)C[C@H]1C(=O)O. The molecule has 118 valence electrons. The summed E-state index contributed by atoms with van der Waals surface area (Å²) in [5.41, 5.74) is 0.312. The molecule has 1 aromatic carbocycles. The Labute approximate surface area is 128 Å². The van der Waals surface area contributed by atoms with Crippen LogP contribution in [0.3, 0.4) is 0 Å². The summed E-state index contributed by atoms with van der Waals surface area (Å²) in [6.45, 7) is 4.01. The average molecular weight is 305 g/mol. The molecule has 0 radical (unpaired) electrons. The molecule has 1 aliphatic heterocycles. The van der Waals surface area contributed by atoms with Crippen molar-refractivity contribution >= 4 is 11.9 Å². The molecule has 0 aromatic heterocycles. The maximum absolute atomic E-state index is 12.7. The second kappa shape index (κ2) is 7.09. The third kappa shape index (κ3) is 3.46. The minimum Gasteiger partial charge on any atom is -0.489 e. The van der Waals surface area contributed by atoms with E-state index in [9.17, 15) is 19.8 Å². The van der Waals surface area contributed by atoms with Gasteiger partial charge in [-0.15, -0.1) is 0 Å². The van der Waals surface area contributed by atoms with Crippen LogP contribution in [0, 0.1) is 0 Å². The van der Waals surface area contributed by atoms with Gasteiger partial charge < -0.3 is 19.8 Å². The number of aliphatic hydroxyl groups is 1. The number of likely N-dealkylation sites (tertiary alicyclic amines) is 1. The van der Waals surface area contributed by atoms with Crippen LogP contribution >= 0.6 is 0 Å². The van der Waals surface area contributed by atoms with Gasteiger partial charge >= 0.3 is 5.97 Å². The van der Waals surface area contributed by atoms with Crippen molar-refractivity contribution in [1.29, 1.82) is 0 Å². The number of benzene rings is 1. The summed E-state index contributed by atoms with van der Waals surface area (Å²) in [7, 11) is 0. The van der Waals surface area contributed by atoms with Crippen LogP contribution in [0.5, 0.6) is 5.75 Å². The predicted molar refractivity (Wildman–Crippen MR) is 79.8 cm³/mol. The lowest BCUT2D eigenvalue weighted by Crippen LogP contribution is -2.51. The minimum absolute atomic E-state index is 0.0384. The predicted octanol–water partition coefficient (Wildman–Crippen LogP) is 1.30. The fourth-order valence-corrected chi connectivity index (χ4v) is 2.50. The Morgan fingerprint density at radius 2 is 2.14 bits per heavy atom. The van der Waals surface area contributed by atoms with Gasteiger partial charge in [0.25, 0.3) is 5.91 Å². The molecule has 2 N–H and O–H groups in total. The molecule has 6 heteroatoms. The lowest BCUT2D eigenvalue weighted by Gasteiger charge is -2.35. The van der Waals surface area contributed by atoms with Crippen molar-refractivity contribution in [3.8, 4) is 5.75 Å². The molecule has 2 rings (SSSR count). The third-order valence-corrected chi connectivity index (χ3v) is 3.59. The molecule has 0 aliphatic carbocycles. The van der Waals surface area contributed by atoms with E-state index < -0.39 is 24.0 Å². The Kier molecular flexibility index (Phi) is 5.16. The van der Waals surface area contributed by atoms with Crippen molar-refractivity contribution in [2.75, 3.05) is 13.2 Å². The molecule has 22 heavy (non-hydrogen) atoms. The number of rotatable bonds is 5. The van der Waals surface area contributed by atoms with Crippen LogP contribution in [-0.4, -0.2) is 52.3 Å². The van der Waals surface area contributed by atoms with Crippen molar-refractivity contribution in [3.05, 3.63) is 42.5 Å². The van der Waals surface area contributed by atoms with Gasteiger partial charge in [-0.05, 0) is 18.6 Å². The summed E-state index contributed by atoms with van der Waals surface area (Å²) in [5, 5.41) is 18.9. The van der Waals surface area contributed by atoms with Gasteiger partial charge in [-0.25, -0.2) is 4.79 Å². The molecule has 0 spiro atoms. The molecule has 2 atom stereocenters. The highest BCUT2D eigenvalue weighted by Crippen LogP contribution is 2.25. The Balaban J connectivity index is 2.26. The van der Waals surface area contributed by atoms with Crippen molar-refractivity contribution in [2.24, 2.45) is 0 Å². The first kappa shape index (κ1) is 16.0. The number of aliphatic hydroxyl groups excluding tert-OH is 1. The third-order valence-electron chi connectivity index (χ3n) is 3.59. The average Bonchev–Trinajstić information content (AvgIpc) is 2.52. The smallest absolute Gasteiger partial charge is 0.326 e. The van der Waals surface area contributed by atoms with Crippen molar-refractivity contribution < 1.29 is 24.5 Å². The number of carboxylic acids is 1. The van der Waals surface area contributed by atoms with E-state index in [1.807, 2.05) is 0 Å². The number of carbonyl (C=O) groups is 2. The van der Waals surface area contributed by atoms with E-state index in [0.717, 1.165) is 0 Å². The zero-order valence-corrected chi connectivity index (χ0v) is 12.1. The van der Waals surface area contributed by atoms with Gasteiger partial charge in [-0.3, -0.25) is 4.79 Å². The summed E-state index contributed by atoms with van der Waals surface area (Å²) >= 11 is 0. The fourth-order valence-electron chi connectivity index (χ4n) is 2.50. The van der Waals surface area contributed by atoms with Crippen LogP contribution < -0.4 is 4.74 Å². The lowest BCUT2D eigenvalue weighted by atomic mass is 9.98. The molecule has 0 bridgehead atoms. The van der Waals surface area contributed by atoms with E-state index >= 15 is 0 Å². The molecule has 1 amide bonds. The monoisotopic (exact) mass is 305 g/mol. The number of para-hydroxylation sites is 1. The van der Waals surface area contributed by atoms with Crippen LogP contribution in [0.15, 0.2) is 36.9 Å². The molecule has 1 saturated heterocycles. The molecule has 1 aromatic rings. The highest BCUT2D eigenvalue weighted by atomic mass is 16.5. The van der Waals surface area contributed by atoms with Gasteiger partial charge in [0.2, 0.25) is 0 Å². The number of aliphatic carboxylic acids is 1. The topological polar surface area (TPSA) is 87.1 Å². The van der Waals surface area contributed by atoms with Gasteiger partial charge in [0.05, 0.1) is 11.7 Å². The Morgan fingerprint density at radius 3 is 2.82 bits per heavy atom. The second-order valence-electron chi connectivity index (χ2n) is 5.13. The lowest BCUT2D eigenvalue weighted by molar-refractivity contribution is -0.145. The summed E-state index contributed by atoms with van der Waals surface area (Å²) < 4.78 is 5.45. The first-order valence-electron chi connectivity index (χ1n) is 7.09. The molecule has 6 nitrogen and oxygen atoms in total. The van der Waals surface area contributed by atoms with Crippen LogP contribution in [0.4, 0.5) is 0 Å². The van der Waals surface area contributed by atoms with Crippen LogP contribution in [-0.2, 0) is 4.79 Å². The van der Waals surface area contributed by atoms with E-state index in [-0.39, 0.29) is 19.6 Å². The Morgan fingerprint density at radius 1 is 1.41 bits per heavy atom. The fraction of sp³-hybridized carbons (Fsp3) is 0.375. The minimum atomic E-state index is -1.11. The van der Waals surface area contributed by atoms with E-state index in [4.69, 9.17) is 4.74 Å². The van der Waals surface area contributed by atoms with Crippen LogP contribution in [0.1, 0.15) is 23.2 Å². The van der Waals surface area contributed by atoms with Gasteiger partial charge in [0.1, 0.15) is 18.4 Å². The number of carbonyl (C=O) groups excluding carboxylic acids is 1. The normalized spacial score (nSPS) is 21.2. The summed E-state index contributed by atoms with van der Waals surface area (Å²) in [6.07, 6.45) is 1.28. The molecular formula is C16H19NO5. The van der Waals surface area contributed by atoms with Crippen LogP contribution in [0.2, 0.25) is 0 Å². The molecule has 1 heterocycles. The number of piperidine rings is 1. The standard InChI is InChI=1S/C16H19NO5/c1-2-9-22-14-6-4-3-5-12(14)15(19)17-8-7-11(18)10-13(17)16(20)21/h2-6,11,13,18H,1,7-10H2,(H,20,21)/t11-,13+/m1/s1. The van der Waals surface area contributed by atoms with Crippen molar-refractivity contribution in [3.63, 3.8) is 0 Å². The van der Waals surface area contributed by atoms with E-state index in [0.29, 0.717) is 17.7 Å². The number of ether oxygens (including phenoxy) is 1. The van der Waals surface area contributed by atoms with Gasteiger partial charge in [-0.1, -0.05) is 24.8 Å². The molecular weight excluding hydrogens is 286 g/mol. The number of hydrogen-bond acceptors (Lipinski definition) is 4. The second-order valence-corrected chi connectivity index (χ2v) is 5.13. The summed E-state index contributed by atoms with van der Waals surface area (Å²) in [4.78, 5) is 25.3. The first-order valence-corrected chi connectivity index (χ1v) is 7.09. The highest BCUT2D eigenvalue weighted by Gasteiger charge is 2.36. The Bertz CT molecular complexity index is 571. The molecule has 0 unspecified atom stereocenters. The highest BCUT2D eigenvalue weighted by molar-refractivity contribution is 5.99. The zero-order valence-electron chi connectivity index (χ0n) is 12.1. The number of hydrogen-bond donors (Lipinski definition) is 2. The maximum Gasteiger partial charge on any atom is 0.326 e. The maximum atomic E-state index is 12.7. The zero-order chi connectivity index (χ0) is 16.1. The molecule has 1 fully saturated rings. The summed E-state index contributed by atoms with van der Waals surface area (Å²) in [6, 6.07) is 5.67. The van der Waals surface area contributed by atoms with Crippen LogP contribution in [0.25, 0.3) is 0 Å². The largest absolute Gasteiger partial charge is 0.489 e. The summed E-state index contributed by atoms with van der Waals surface area (Å²) in [5.74, 6) is -1.13. The van der Waals surface area contributed by atoms with Crippen molar-refractivity contribution in [2.45, 2.75) is 25.0 Å². The number of nitrogens with zero attached hydrogens (tertiary/aromatic N) is 1. The van der Waals surface area contributed by atoms with Gasteiger partial charge in [-0.2, -0.15) is 0 Å². The first-order chi connectivity index (χ1) is 10.5. The van der Waals surface area contributed by atoms with Gasteiger partial charge in [0.15, 0.2) is 0 Å². The molecule has 1 aliphatic rings. The van der Waals surface area contributed by atoms with E-state index in [1.54, 1.807) is 30.3 Å². The molecule has 0 saturated carbocycles. The van der Waals surface area contributed by atoms with Gasteiger partial charge in [0, 0.05) is 13.0 Å². The van der Waals surface area contributed by atoms with E-state index in [1.165, 1.54) is 4.90 Å². The van der Waals surface area contributed by atoms with Crippen molar-refractivity contribution in [1.82, 2.24) is 4.90 Å².